The summed E-state index contributed by atoms with van der Waals surface area (Å²) in [5.41, 5.74) is -0.0507. The first-order chi connectivity index (χ1) is 11.3. The number of nitrogens with one attached hydrogen (secondary N) is 1. The Morgan fingerprint density at radius 3 is 2.67 bits per heavy atom. The summed E-state index contributed by atoms with van der Waals surface area (Å²) in [5, 5.41) is 13.3. The van der Waals surface area contributed by atoms with Crippen molar-refractivity contribution in [1.82, 2.24) is 5.32 Å². The molecule has 1 atom stereocenters. The number of ether oxygens (including phenoxy) is 1. The number of aromatic hydroxyl groups is 1. The van der Waals surface area contributed by atoms with Crippen LogP contribution in [0, 0.1) is 0 Å². The average Bonchev–Trinajstić information content (AvgIpc) is 2.51. The molecule has 0 saturated heterocycles. The maximum absolute atomic E-state index is 11.8. The third kappa shape index (κ3) is 3.80. The molecular weight excluding hydrogens is 314 g/mol. The van der Waals surface area contributed by atoms with Crippen molar-refractivity contribution < 1.29 is 23.8 Å². The smallest absolute Gasteiger partial charge is 0.347 e. The quantitative estimate of drug-likeness (QED) is 0.471. The Hall–Kier alpha value is -2.67. The van der Waals surface area contributed by atoms with Gasteiger partial charge in [-0.05, 0) is 38.5 Å². The van der Waals surface area contributed by atoms with Crippen molar-refractivity contribution in [3.63, 3.8) is 0 Å². The highest BCUT2D eigenvalue weighted by atomic mass is 16.5. The van der Waals surface area contributed by atoms with E-state index in [1.807, 2.05) is 0 Å². The number of fused-ring (bicyclic) bond motifs is 1. The zero-order valence-corrected chi connectivity index (χ0v) is 13.7. The second-order valence-electron chi connectivity index (χ2n) is 5.38. The van der Waals surface area contributed by atoms with Gasteiger partial charge in [-0.25, -0.2) is 4.79 Å². The first-order valence-electron chi connectivity index (χ1n) is 7.54. The number of carbonyl (C=O) groups is 2. The van der Waals surface area contributed by atoms with Crippen LogP contribution in [-0.2, 0) is 16.1 Å². The van der Waals surface area contributed by atoms with E-state index in [9.17, 15) is 19.5 Å². The van der Waals surface area contributed by atoms with E-state index >= 15 is 0 Å². The maximum Gasteiger partial charge on any atom is 0.347 e. The van der Waals surface area contributed by atoms with Gasteiger partial charge in [0.1, 0.15) is 22.9 Å². The summed E-state index contributed by atoms with van der Waals surface area (Å²) < 4.78 is 10.0. The van der Waals surface area contributed by atoms with Crippen LogP contribution in [0.4, 0.5) is 0 Å². The standard InChI is InChI=1S/C17H19NO6/c1-4-23-16(21)9(2)18-8-11-5-12(20)6-15-14(11)7-13(10(3)19)17(22)24-15/h5-7,9,18,20H,4,8H2,1-3H3. The summed E-state index contributed by atoms with van der Waals surface area (Å²) in [6.07, 6.45) is 0. The molecule has 0 aliphatic carbocycles. The molecule has 0 amide bonds. The van der Waals surface area contributed by atoms with E-state index < -0.39 is 23.4 Å². The minimum atomic E-state index is -0.751. The number of rotatable bonds is 6. The SMILES string of the molecule is CCOC(=O)C(C)NCc1cc(O)cc2oc(=O)c(C(C)=O)cc12. The molecule has 0 aliphatic heterocycles. The summed E-state index contributed by atoms with van der Waals surface area (Å²) in [4.78, 5) is 35.0. The van der Waals surface area contributed by atoms with Crippen molar-refractivity contribution >= 4 is 22.7 Å². The number of esters is 1. The predicted octanol–water partition coefficient (Wildman–Crippen LogP) is 1.74. The summed E-state index contributed by atoms with van der Waals surface area (Å²) in [6, 6.07) is 3.68. The Morgan fingerprint density at radius 1 is 1.33 bits per heavy atom. The lowest BCUT2D eigenvalue weighted by Gasteiger charge is -2.14. The van der Waals surface area contributed by atoms with Gasteiger partial charge in [0.05, 0.1) is 6.61 Å². The van der Waals surface area contributed by atoms with Crippen molar-refractivity contribution in [3.8, 4) is 5.75 Å². The van der Waals surface area contributed by atoms with Gasteiger partial charge in [0.25, 0.3) is 0 Å². The average molecular weight is 333 g/mol. The lowest BCUT2D eigenvalue weighted by molar-refractivity contribution is -0.145. The molecule has 7 nitrogen and oxygen atoms in total. The highest BCUT2D eigenvalue weighted by Crippen LogP contribution is 2.24. The van der Waals surface area contributed by atoms with E-state index in [0.717, 1.165) is 0 Å². The van der Waals surface area contributed by atoms with E-state index in [1.165, 1.54) is 25.1 Å². The third-order valence-electron chi connectivity index (χ3n) is 3.54. The molecule has 0 spiro atoms. The second-order valence-corrected chi connectivity index (χ2v) is 5.38. The topological polar surface area (TPSA) is 106 Å². The highest BCUT2D eigenvalue weighted by Gasteiger charge is 2.16. The van der Waals surface area contributed by atoms with E-state index in [-0.39, 0.29) is 30.0 Å². The molecule has 1 aromatic carbocycles. The summed E-state index contributed by atoms with van der Waals surface area (Å²) in [6.45, 7) is 5.16. The molecule has 0 radical (unpaired) electrons. The van der Waals surface area contributed by atoms with Crippen LogP contribution < -0.4 is 10.9 Å². The van der Waals surface area contributed by atoms with Crippen LogP contribution in [0.15, 0.2) is 27.4 Å². The normalized spacial score (nSPS) is 12.1. The molecular formula is C17H19NO6. The van der Waals surface area contributed by atoms with Crippen molar-refractivity contribution in [2.75, 3.05) is 6.61 Å². The van der Waals surface area contributed by atoms with Crippen LogP contribution in [0.5, 0.6) is 5.75 Å². The van der Waals surface area contributed by atoms with Gasteiger partial charge >= 0.3 is 11.6 Å². The van der Waals surface area contributed by atoms with Gasteiger partial charge in [0.15, 0.2) is 5.78 Å². The number of ketones is 1. The molecule has 128 valence electrons. The van der Waals surface area contributed by atoms with Crippen LogP contribution in [0.1, 0.15) is 36.7 Å². The predicted molar refractivity (Wildman–Crippen MR) is 87.1 cm³/mol. The molecule has 24 heavy (non-hydrogen) atoms. The van der Waals surface area contributed by atoms with Crippen LogP contribution >= 0.6 is 0 Å². The molecule has 7 heteroatoms. The number of hydrogen-bond acceptors (Lipinski definition) is 7. The van der Waals surface area contributed by atoms with Gasteiger partial charge < -0.3 is 19.6 Å². The van der Waals surface area contributed by atoms with Crippen LogP contribution in [0.3, 0.4) is 0 Å². The molecule has 2 rings (SSSR count). The number of benzene rings is 1. The van der Waals surface area contributed by atoms with Gasteiger partial charge in [-0.15, -0.1) is 0 Å². The van der Waals surface area contributed by atoms with Gasteiger partial charge in [0, 0.05) is 18.0 Å². The molecule has 0 aliphatic rings. The first-order valence-corrected chi connectivity index (χ1v) is 7.54. The van der Waals surface area contributed by atoms with Gasteiger partial charge in [-0.1, -0.05) is 0 Å². The number of carbonyl (C=O) groups excluding carboxylic acids is 2. The first kappa shape index (κ1) is 17.7. The zero-order valence-electron chi connectivity index (χ0n) is 13.7. The molecule has 1 unspecified atom stereocenters. The molecule has 0 bridgehead atoms. The summed E-state index contributed by atoms with van der Waals surface area (Å²) in [5.74, 6) is -0.878. The highest BCUT2D eigenvalue weighted by molar-refractivity contribution is 5.97. The van der Waals surface area contributed by atoms with Gasteiger partial charge in [-0.2, -0.15) is 0 Å². The largest absolute Gasteiger partial charge is 0.508 e. The number of phenols is 1. The summed E-state index contributed by atoms with van der Waals surface area (Å²) in [7, 11) is 0. The molecule has 2 aromatic rings. The van der Waals surface area contributed by atoms with Crippen molar-refractivity contribution in [2.24, 2.45) is 0 Å². The van der Waals surface area contributed by atoms with Gasteiger partial charge in [0.2, 0.25) is 0 Å². The fourth-order valence-electron chi connectivity index (χ4n) is 2.28. The number of hydrogen-bond donors (Lipinski definition) is 2. The summed E-state index contributed by atoms with van der Waals surface area (Å²) >= 11 is 0. The molecule has 0 saturated carbocycles. The minimum absolute atomic E-state index is 0.0621. The second kappa shape index (κ2) is 7.27. The van der Waals surface area contributed by atoms with Crippen LogP contribution in [-0.4, -0.2) is 29.5 Å². The van der Waals surface area contributed by atoms with Gasteiger partial charge in [-0.3, -0.25) is 9.59 Å². The van der Waals surface area contributed by atoms with Crippen molar-refractivity contribution in [1.29, 1.82) is 0 Å². The minimum Gasteiger partial charge on any atom is -0.508 e. The number of Topliss-reactive ketones (excluding diaryl/α,β-unsaturated/α-hetero) is 1. The molecule has 1 heterocycles. The van der Waals surface area contributed by atoms with Crippen molar-refractivity contribution in [2.45, 2.75) is 33.4 Å². The zero-order chi connectivity index (χ0) is 17.9. The Balaban J connectivity index is 2.38. The van der Waals surface area contributed by atoms with Crippen LogP contribution in [0.25, 0.3) is 11.0 Å². The maximum atomic E-state index is 11.8. The Bertz CT molecular complexity index is 839. The molecule has 0 fully saturated rings. The number of phenolic OH excluding ortho intramolecular Hbond substituents is 1. The van der Waals surface area contributed by atoms with E-state index in [4.69, 9.17) is 9.15 Å². The van der Waals surface area contributed by atoms with E-state index in [1.54, 1.807) is 13.8 Å². The third-order valence-corrected chi connectivity index (χ3v) is 3.54. The fraction of sp³-hybridized carbons (Fsp3) is 0.353. The van der Waals surface area contributed by atoms with Crippen molar-refractivity contribution in [3.05, 3.63) is 39.7 Å². The van der Waals surface area contributed by atoms with Crippen LogP contribution in [0.2, 0.25) is 0 Å². The monoisotopic (exact) mass is 333 g/mol. The Morgan fingerprint density at radius 2 is 2.04 bits per heavy atom. The molecule has 1 aromatic heterocycles. The molecule has 2 N–H and O–H groups in total. The lowest BCUT2D eigenvalue weighted by atomic mass is 10.1. The Labute approximate surface area is 138 Å². The van der Waals surface area contributed by atoms with E-state index in [0.29, 0.717) is 10.9 Å². The van der Waals surface area contributed by atoms with E-state index in [2.05, 4.69) is 5.32 Å². The fourth-order valence-corrected chi connectivity index (χ4v) is 2.28. The lowest BCUT2D eigenvalue weighted by Crippen LogP contribution is -2.34. The Kier molecular flexibility index (Phi) is 5.35.